The molecule has 0 bridgehead atoms. The summed E-state index contributed by atoms with van der Waals surface area (Å²) in [6.45, 7) is 4.69. The summed E-state index contributed by atoms with van der Waals surface area (Å²) in [5, 5.41) is 2.91. The van der Waals surface area contributed by atoms with Crippen LogP contribution in [0.3, 0.4) is 0 Å². The Morgan fingerprint density at radius 3 is 2.73 bits per heavy atom. The Bertz CT molecular complexity index is 793. The molecule has 5 nitrogen and oxygen atoms in total. The van der Waals surface area contributed by atoms with Crippen molar-refractivity contribution in [2.45, 2.75) is 26.3 Å². The SMILES string of the molecule is CC(C)c1nc2ccc(CNC(=O)c3ccncc3)cc2[nH]1. The molecule has 2 N–H and O–H groups in total. The molecule has 0 saturated heterocycles. The number of pyridine rings is 1. The van der Waals surface area contributed by atoms with Crippen molar-refractivity contribution in [2.24, 2.45) is 0 Å². The van der Waals surface area contributed by atoms with Gasteiger partial charge in [-0.05, 0) is 29.8 Å². The minimum Gasteiger partial charge on any atom is -0.348 e. The van der Waals surface area contributed by atoms with Gasteiger partial charge in [0.15, 0.2) is 0 Å². The number of aromatic nitrogens is 3. The topological polar surface area (TPSA) is 70.7 Å². The first-order chi connectivity index (χ1) is 10.6. The molecule has 1 amide bonds. The van der Waals surface area contributed by atoms with Gasteiger partial charge in [-0.1, -0.05) is 19.9 Å². The van der Waals surface area contributed by atoms with Crippen LogP contribution in [-0.4, -0.2) is 20.9 Å². The summed E-state index contributed by atoms with van der Waals surface area (Å²) in [7, 11) is 0. The first kappa shape index (κ1) is 14.3. The zero-order chi connectivity index (χ0) is 15.5. The quantitative estimate of drug-likeness (QED) is 0.777. The van der Waals surface area contributed by atoms with Crippen molar-refractivity contribution < 1.29 is 4.79 Å². The molecule has 2 aromatic heterocycles. The predicted molar refractivity (Wildman–Crippen MR) is 85.6 cm³/mol. The van der Waals surface area contributed by atoms with Crippen molar-refractivity contribution in [2.75, 3.05) is 0 Å². The smallest absolute Gasteiger partial charge is 0.251 e. The minimum atomic E-state index is -0.102. The molecule has 0 radical (unpaired) electrons. The minimum absolute atomic E-state index is 0.102. The van der Waals surface area contributed by atoms with E-state index in [-0.39, 0.29) is 5.91 Å². The number of imidazole rings is 1. The zero-order valence-electron chi connectivity index (χ0n) is 12.6. The van der Waals surface area contributed by atoms with Crippen molar-refractivity contribution in [1.29, 1.82) is 0 Å². The molecule has 0 aliphatic carbocycles. The van der Waals surface area contributed by atoms with Crippen LogP contribution in [0.2, 0.25) is 0 Å². The summed E-state index contributed by atoms with van der Waals surface area (Å²) in [5.41, 5.74) is 3.60. The Morgan fingerprint density at radius 2 is 2.00 bits per heavy atom. The average molecular weight is 294 g/mol. The summed E-state index contributed by atoms with van der Waals surface area (Å²) in [4.78, 5) is 23.8. The number of carbonyl (C=O) groups is 1. The Kier molecular flexibility index (Phi) is 3.87. The fourth-order valence-corrected chi connectivity index (χ4v) is 2.25. The van der Waals surface area contributed by atoms with Crippen LogP contribution in [-0.2, 0) is 6.54 Å². The van der Waals surface area contributed by atoms with Gasteiger partial charge in [-0.2, -0.15) is 0 Å². The highest BCUT2D eigenvalue weighted by Gasteiger charge is 2.08. The number of nitrogens with zero attached hydrogens (tertiary/aromatic N) is 2. The largest absolute Gasteiger partial charge is 0.348 e. The lowest BCUT2D eigenvalue weighted by Crippen LogP contribution is -2.22. The molecule has 0 spiro atoms. The average Bonchev–Trinajstić information content (AvgIpc) is 2.97. The van der Waals surface area contributed by atoms with Crippen LogP contribution in [0.5, 0.6) is 0 Å². The maximum atomic E-state index is 12.0. The van der Waals surface area contributed by atoms with Crippen LogP contribution in [0, 0.1) is 0 Å². The zero-order valence-corrected chi connectivity index (χ0v) is 12.6. The van der Waals surface area contributed by atoms with Crippen LogP contribution in [0.15, 0.2) is 42.7 Å². The number of rotatable bonds is 4. The second-order valence-electron chi connectivity index (χ2n) is 5.55. The molecular weight excluding hydrogens is 276 g/mol. The molecule has 0 aliphatic rings. The van der Waals surface area contributed by atoms with Crippen molar-refractivity contribution in [3.05, 3.63) is 59.7 Å². The van der Waals surface area contributed by atoms with Gasteiger partial charge in [0, 0.05) is 30.4 Å². The first-order valence-corrected chi connectivity index (χ1v) is 7.30. The van der Waals surface area contributed by atoms with Gasteiger partial charge in [0.2, 0.25) is 0 Å². The summed E-state index contributed by atoms with van der Waals surface area (Å²) in [6, 6.07) is 9.39. The fourth-order valence-electron chi connectivity index (χ4n) is 2.25. The van der Waals surface area contributed by atoms with E-state index in [1.165, 1.54) is 0 Å². The maximum Gasteiger partial charge on any atom is 0.251 e. The van der Waals surface area contributed by atoms with E-state index in [1.807, 2.05) is 18.2 Å². The third-order valence-electron chi connectivity index (χ3n) is 3.51. The molecule has 0 fully saturated rings. The highest BCUT2D eigenvalue weighted by molar-refractivity contribution is 5.94. The molecule has 0 unspecified atom stereocenters. The highest BCUT2D eigenvalue weighted by atomic mass is 16.1. The number of aromatic amines is 1. The van der Waals surface area contributed by atoms with E-state index in [4.69, 9.17) is 0 Å². The molecule has 0 aliphatic heterocycles. The summed E-state index contributed by atoms with van der Waals surface area (Å²) in [5.74, 6) is 1.24. The number of hydrogen-bond acceptors (Lipinski definition) is 3. The van der Waals surface area contributed by atoms with E-state index in [1.54, 1.807) is 24.5 Å². The van der Waals surface area contributed by atoms with E-state index < -0.39 is 0 Å². The normalized spacial score (nSPS) is 11.0. The molecule has 2 heterocycles. The first-order valence-electron chi connectivity index (χ1n) is 7.30. The molecule has 112 valence electrons. The van der Waals surface area contributed by atoms with E-state index in [0.29, 0.717) is 18.0 Å². The maximum absolute atomic E-state index is 12.0. The fraction of sp³-hybridized carbons (Fsp3) is 0.235. The number of amides is 1. The molecular formula is C17H18N4O. The number of nitrogens with one attached hydrogen (secondary N) is 2. The van der Waals surface area contributed by atoms with Crippen LogP contribution in [0.1, 0.15) is 41.5 Å². The van der Waals surface area contributed by atoms with Crippen LogP contribution in [0.4, 0.5) is 0 Å². The lowest BCUT2D eigenvalue weighted by molar-refractivity contribution is 0.0951. The van der Waals surface area contributed by atoms with Gasteiger partial charge >= 0.3 is 0 Å². The number of carbonyl (C=O) groups excluding carboxylic acids is 1. The number of hydrogen-bond donors (Lipinski definition) is 2. The van der Waals surface area contributed by atoms with Gasteiger partial charge in [-0.15, -0.1) is 0 Å². The molecule has 3 rings (SSSR count). The Labute approximate surface area is 128 Å². The van der Waals surface area contributed by atoms with Gasteiger partial charge in [0.05, 0.1) is 11.0 Å². The van der Waals surface area contributed by atoms with Gasteiger partial charge in [-0.3, -0.25) is 9.78 Å². The molecule has 0 saturated carbocycles. The Balaban J connectivity index is 1.73. The molecule has 5 heteroatoms. The lowest BCUT2D eigenvalue weighted by Gasteiger charge is -2.05. The van der Waals surface area contributed by atoms with Crippen molar-refractivity contribution in [3.8, 4) is 0 Å². The standard InChI is InChI=1S/C17H18N4O/c1-11(2)16-20-14-4-3-12(9-15(14)21-16)10-19-17(22)13-5-7-18-8-6-13/h3-9,11H,10H2,1-2H3,(H,19,22)(H,20,21). The van der Waals surface area contributed by atoms with Crippen molar-refractivity contribution in [3.63, 3.8) is 0 Å². The highest BCUT2D eigenvalue weighted by Crippen LogP contribution is 2.18. The number of H-pyrrole nitrogens is 1. The summed E-state index contributed by atoms with van der Waals surface area (Å²) in [6.07, 6.45) is 3.22. The predicted octanol–water partition coefficient (Wildman–Crippen LogP) is 3.01. The summed E-state index contributed by atoms with van der Waals surface area (Å²) >= 11 is 0. The van der Waals surface area contributed by atoms with E-state index in [0.717, 1.165) is 22.4 Å². The van der Waals surface area contributed by atoms with Crippen molar-refractivity contribution >= 4 is 16.9 Å². The van der Waals surface area contributed by atoms with Gasteiger partial charge in [0.1, 0.15) is 5.82 Å². The van der Waals surface area contributed by atoms with Crippen LogP contribution >= 0.6 is 0 Å². The molecule has 3 aromatic rings. The second kappa shape index (κ2) is 5.97. The summed E-state index contributed by atoms with van der Waals surface area (Å²) < 4.78 is 0. The van der Waals surface area contributed by atoms with Crippen molar-refractivity contribution in [1.82, 2.24) is 20.3 Å². The molecule has 0 atom stereocenters. The van der Waals surface area contributed by atoms with Gasteiger partial charge in [0.25, 0.3) is 5.91 Å². The third kappa shape index (κ3) is 2.98. The third-order valence-corrected chi connectivity index (χ3v) is 3.51. The number of benzene rings is 1. The van der Waals surface area contributed by atoms with Crippen LogP contribution in [0.25, 0.3) is 11.0 Å². The van der Waals surface area contributed by atoms with E-state index in [2.05, 4.69) is 34.1 Å². The second-order valence-corrected chi connectivity index (χ2v) is 5.55. The van der Waals surface area contributed by atoms with E-state index >= 15 is 0 Å². The van der Waals surface area contributed by atoms with Gasteiger partial charge in [-0.25, -0.2) is 4.98 Å². The monoisotopic (exact) mass is 294 g/mol. The van der Waals surface area contributed by atoms with Crippen LogP contribution < -0.4 is 5.32 Å². The Morgan fingerprint density at radius 1 is 1.23 bits per heavy atom. The van der Waals surface area contributed by atoms with E-state index in [9.17, 15) is 4.79 Å². The lowest BCUT2D eigenvalue weighted by atomic mass is 10.2. The Hall–Kier alpha value is -2.69. The molecule has 1 aromatic carbocycles. The molecule has 22 heavy (non-hydrogen) atoms. The van der Waals surface area contributed by atoms with Gasteiger partial charge < -0.3 is 10.3 Å². The number of fused-ring (bicyclic) bond motifs is 1.